The minimum absolute atomic E-state index is 0.00990. The molecule has 218 valence electrons. The summed E-state index contributed by atoms with van der Waals surface area (Å²) in [6.45, 7) is 11.2. The predicted molar refractivity (Wildman–Crippen MR) is 152 cm³/mol. The molecule has 2 bridgehead atoms. The molecule has 6 rings (SSSR count). The number of ether oxygens (including phenoxy) is 1. The molecule has 11 nitrogen and oxygen atoms in total. The number of β-lactam (4-membered cyclic amide) rings is 1. The molecule has 4 N–H and O–H groups in total. The number of aliphatic carboxylic acids is 1. The van der Waals surface area contributed by atoms with Crippen LogP contribution in [0.5, 0.6) is 5.75 Å². The number of halogens is 1. The Balaban J connectivity index is 1.15. The number of aryl methyl sites for hydroxylation is 1. The Morgan fingerprint density at radius 1 is 1.18 bits per heavy atom. The second kappa shape index (κ2) is 11.2. The number of hydrogen-bond donors (Lipinski definition) is 3. The molecule has 0 aliphatic carbocycles. The van der Waals surface area contributed by atoms with Crippen molar-refractivity contribution in [2.45, 2.75) is 38.8 Å². The smallest absolute Gasteiger partial charge is 0.380 e. The minimum atomic E-state index is -1.15. The Labute approximate surface area is 247 Å². The van der Waals surface area contributed by atoms with Crippen LogP contribution < -0.4 is 10.6 Å². The molecule has 4 saturated heterocycles. The fourth-order valence-corrected chi connectivity index (χ4v) is 7.99. The van der Waals surface area contributed by atoms with Gasteiger partial charge in [-0.15, -0.1) is 0 Å². The van der Waals surface area contributed by atoms with Crippen LogP contribution in [0.25, 0.3) is 0 Å². The molecule has 5 aliphatic rings. The highest BCUT2D eigenvalue weighted by Gasteiger charge is 2.60. The topological polar surface area (TPSA) is 139 Å². The van der Waals surface area contributed by atoms with Crippen molar-refractivity contribution in [1.29, 1.82) is 0 Å². The van der Waals surface area contributed by atoms with Crippen LogP contribution in [-0.2, 0) is 25.6 Å². The molecule has 1 aromatic rings. The van der Waals surface area contributed by atoms with Gasteiger partial charge in [0.05, 0.1) is 28.2 Å². The maximum absolute atomic E-state index is 12.6. The summed E-state index contributed by atoms with van der Waals surface area (Å²) in [7, 11) is 0. The minimum Gasteiger partial charge on any atom is -0.488 e. The Morgan fingerprint density at radius 3 is 2.40 bits per heavy atom. The monoisotopic (exact) mass is 670 g/mol. The highest BCUT2D eigenvalue weighted by molar-refractivity contribution is 14.1. The maximum Gasteiger partial charge on any atom is 0.380 e. The molecular formula is C28H39IN4O7+2. The van der Waals surface area contributed by atoms with Crippen molar-refractivity contribution in [3.63, 3.8) is 0 Å². The highest BCUT2D eigenvalue weighted by atomic mass is 127. The summed E-state index contributed by atoms with van der Waals surface area (Å²) in [4.78, 5) is 42.1. The van der Waals surface area contributed by atoms with Crippen molar-refractivity contribution in [3.05, 3.63) is 38.6 Å². The largest absolute Gasteiger partial charge is 0.488 e. The molecule has 4 atom stereocenters. The normalized spacial score (nSPS) is 31.6. The van der Waals surface area contributed by atoms with Gasteiger partial charge in [-0.2, -0.15) is 5.90 Å². The van der Waals surface area contributed by atoms with Crippen LogP contribution in [-0.4, -0.2) is 113 Å². The Morgan fingerprint density at radius 2 is 1.82 bits per heavy atom. The second-order valence-electron chi connectivity index (χ2n) is 12.0. The van der Waals surface area contributed by atoms with E-state index in [9.17, 15) is 24.6 Å². The number of rotatable bonds is 11. The number of benzene rings is 1. The first-order chi connectivity index (χ1) is 19.0. The van der Waals surface area contributed by atoms with Gasteiger partial charge in [0.15, 0.2) is 6.54 Å². The zero-order valence-corrected chi connectivity index (χ0v) is 25.2. The summed E-state index contributed by atoms with van der Waals surface area (Å²) in [5, 5.41) is 19.9. The first-order valence-corrected chi connectivity index (χ1v) is 15.1. The molecule has 2 unspecified atom stereocenters. The number of carboxylic acid groups (broad SMARTS) is 1. The molecule has 0 aromatic heterocycles. The lowest BCUT2D eigenvalue weighted by Crippen LogP contribution is -2.75. The van der Waals surface area contributed by atoms with Gasteiger partial charge >= 0.3 is 11.9 Å². The van der Waals surface area contributed by atoms with E-state index in [1.54, 1.807) is 6.92 Å². The van der Waals surface area contributed by atoms with E-state index < -0.39 is 18.0 Å². The quantitative estimate of drug-likeness (QED) is 0.137. The van der Waals surface area contributed by atoms with Crippen molar-refractivity contribution < 1.29 is 43.1 Å². The third kappa shape index (κ3) is 5.24. The first-order valence-electron chi connectivity index (χ1n) is 14.0. The van der Waals surface area contributed by atoms with Gasteiger partial charge in [0, 0.05) is 17.9 Å². The van der Waals surface area contributed by atoms with Crippen molar-refractivity contribution in [1.82, 2.24) is 4.90 Å². The van der Waals surface area contributed by atoms with Crippen LogP contribution in [0, 0.1) is 15.4 Å². The summed E-state index contributed by atoms with van der Waals surface area (Å²) in [5.41, 5.74) is 1.80. The van der Waals surface area contributed by atoms with Gasteiger partial charge in [-0.05, 0) is 53.6 Å². The van der Waals surface area contributed by atoms with Gasteiger partial charge in [-0.1, -0.05) is 13.0 Å². The maximum atomic E-state index is 12.6. The van der Waals surface area contributed by atoms with Crippen LogP contribution in [0.2, 0.25) is 0 Å². The van der Waals surface area contributed by atoms with Crippen molar-refractivity contribution in [2.24, 2.45) is 17.7 Å². The number of carbonyl (C=O) groups excluding carboxylic acids is 2. The van der Waals surface area contributed by atoms with E-state index in [0.717, 1.165) is 71.2 Å². The number of fused-ring (bicyclic) bond motifs is 4. The van der Waals surface area contributed by atoms with Crippen LogP contribution in [0.15, 0.2) is 29.5 Å². The van der Waals surface area contributed by atoms with Gasteiger partial charge in [0.1, 0.15) is 57.3 Å². The Bertz CT molecular complexity index is 1210. The van der Waals surface area contributed by atoms with E-state index in [1.807, 2.05) is 13.0 Å². The van der Waals surface area contributed by atoms with Gasteiger partial charge in [0.25, 0.3) is 0 Å². The summed E-state index contributed by atoms with van der Waals surface area (Å²) in [6.07, 6.45) is 1.20. The van der Waals surface area contributed by atoms with E-state index in [4.69, 9.17) is 10.6 Å². The number of aliphatic hydroxyl groups is 1. The Kier molecular flexibility index (Phi) is 8.18. The van der Waals surface area contributed by atoms with Crippen molar-refractivity contribution in [2.75, 3.05) is 59.0 Å². The molecule has 0 spiro atoms. The molecule has 0 radical (unpaired) electrons. The van der Waals surface area contributed by atoms with E-state index in [0.29, 0.717) is 17.9 Å². The van der Waals surface area contributed by atoms with Crippen molar-refractivity contribution in [3.8, 4) is 5.75 Å². The molecule has 40 heavy (non-hydrogen) atoms. The zero-order valence-electron chi connectivity index (χ0n) is 23.1. The first kappa shape index (κ1) is 29.2. The van der Waals surface area contributed by atoms with Crippen LogP contribution in [0.1, 0.15) is 25.8 Å². The molecule has 12 heteroatoms. The van der Waals surface area contributed by atoms with Gasteiger partial charge in [-0.25, -0.2) is 9.59 Å². The average Bonchev–Trinajstić information content (AvgIpc) is 3.17. The molecule has 1 aromatic carbocycles. The SMILES string of the molecule is CC(O)[C@H]1C(=O)N2C(C(=O)O)=C(COc3ccc(CCC[N+]45CC[N+](CC(=O)ON)(CC4)CC5)cc3I)C(C)[C@H]12. The summed E-state index contributed by atoms with van der Waals surface area (Å²) in [5.74, 6) is 3.13. The summed E-state index contributed by atoms with van der Waals surface area (Å²) < 4.78 is 8.96. The van der Waals surface area contributed by atoms with Crippen LogP contribution >= 0.6 is 22.6 Å². The summed E-state index contributed by atoms with van der Waals surface area (Å²) in [6, 6.07) is 5.78. The number of piperazine rings is 3. The van der Waals surface area contributed by atoms with Gasteiger partial charge < -0.3 is 33.7 Å². The lowest BCUT2D eigenvalue weighted by atomic mass is 9.78. The second-order valence-corrected chi connectivity index (χ2v) is 13.1. The zero-order chi connectivity index (χ0) is 28.8. The molecule has 1 amide bonds. The Hall–Kier alpha value is -2.26. The number of amides is 1. The number of quaternary nitrogens is 2. The number of nitrogens with zero attached hydrogens (tertiary/aromatic N) is 3. The lowest BCUT2D eigenvalue weighted by molar-refractivity contribution is -1.08. The molecule has 5 heterocycles. The number of hydrogen-bond acceptors (Lipinski definition) is 7. The van der Waals surface area contributed by atoms with E-state index in [2.05, 4.69) is 39.6 Å². The van der Waals surface area contributed by atoms with E-state index in [1.165, 1.54) is 10.5 Å². The predicted octanol–water partition coefficient (Wildman–Crippen LogP) is 0.877. The standard InChI is InChI=1S/C28H38IN4O7/c1-17-20(26(28(37)38)31-25(17)24(18(2)34)27(31)36)16-39-22-6-5-19(14-21(22)29)4-3-7-32-8-11-33(12-9-32,13-10-32)15-23(35)40-30/h5-6,14,17-18,24-25,34H,3-4,7-13,15-16,30H2,1-2H3/q+1/p+1/t17?,18?,24-,25-,32?,33?/m1/s1. The molecule has 0 saturated carbocycles. The number of carbonyl (C=O) groups is 3. The number of carboxylic acids is 1. The highest BCUT2D eigenvalue weighted by Crippen LogP contribution is 2.47. The number of nitrogens with two attached hydrogens (primary N) is 1. The average molecular weight is 671 g/mol. The van der Waals surface area contributed by atoms with Crippen LogP contribution in [0.3, 0.4) is 0 Å². The molecular weight excluding hydrogens is 631 g/mol. The molecule has 5 aliphatic heterocycles. The number of aliphatic hydroxyl groups excluding tert-OH is 1. The van der Waals surface area contributed by atoms with Crippen molar-refractivity contribution >= 4 is 40.4 Å². The fourth-order valence-electron chi connectivity index (χ4n) is 7.25. The van der Waals surface area contributed by atoms with E-state index >= 15 is 0 Å². The lowest BCUT2D eigenvalue weighted by Gasteiger charge is -2.55. The molecule has 4 fully saturated rings. The van der Waals surface area contributed by atoms with Gasteiger partial charge in [-0.3, -0.25) is 4.79 Å². The van der Waals surface area contributed by atoms with Gasteiger partial charge in [0.2, 0.25) is 5.91 Å². The third-order valence-electron chi connectivity index (χ3n) is 9.74. The summed E-state index contributed by atoms with van der Waals surface area (Å²) >= 11 is 2.25. The third-order valence-corrected chi connectivity index (χ3v) is 10.6. The van der Waals surface area contributed by atoms with E-state index in [-0.39, 0.29) is 36.1 Å². The van der Waals surface area contributed by atoms with Crippen LogP contribution in [0.4, 0.5) is 0 Å². The fraction of sp³-hybridized carbons (Fsp3) is 0.607.